The maximum atomic E-state index is 5.45. The van der Waals surface area contributed by atoms with Gasteiger partial charge < -0.3 is 4.74 Å². The Bertz CT molecular complexity index is 1050. The minimum Gasteiger partial charge on any atom is -0.496 e. The van der Waals surface area contributed by atoms with E-state index in [1.165, 1.54) is 5.56 Å². The third kappa shape index (κ3) is 3.77. The van der Waals surface area contributed by atoms with Crippen LogP contribution >= 0.6 is 23.1 Å². The van der Waals surface area contributed by atoms with Gasteiger partial charge in [0.1, 0.15) is 10.8 Å². The molecule has 4 rings (SSSR count). The number of aryl methyl sites for hydroxylation is 1. The number of hydrogen-bond donors (Lipinski definition) is 0. The van der Waals surface area contributed by atoms with Gasteiger partial charge in [0.2, 0.25) is 0 Å². The van der Waals surface area contributed by atoms with E-state index < -0.39 is 0 Å². The number of thioether (sulfide) groups is 1. The summed E-state index contributed by atoms with van der Waals surface area (Å²) in [6, 6.07) is 16.3. The molecular weight excluding hydrogens is 374 g/mol. The molecule has 2 aromatic carbocycles. The zero-order valence-electron chi connectivity index (χ0n) is 15.1. The summed E-state index contributed by atoms with van der Waals surface area (Å²) in [6.45, 7) is 2.11. The number of rotatable bonds is 6. The first-order valence-electron chi connectivity index (χ1n) is 8.56. The molecule has 0 spiro atoms. The SMILES string of the molecule is COc1ccccc1-c1nc(CSc2nccn2-c2ccccc2C)cs1. The molecule has 2 aromatic heterocycles. The highest BCUT2D eigenvalue weighted by Gasteiger charge is 2.12. The van der Waals surface area contributed by atoms with Crippen molar-refractivity contribution >= 4 is 23.1 Å². The van der Waals surface area contributed by atoms with E-state index in [1.807, 2.05) is 36.7 Å². The minimum atomic E-state index is 0.772. The van der Waals surface area contributed by atoms with Crippen molar-refractivity contribution in [2.24, 2.45) is 0 Å². The highest BCUT2D eigenvalue weighted by atomic mass is 32.2. The van der Waals surface area contributed by atoms with Crippen molar-refractivity contribution in [2.45, 2.75) is 17.8 Å². The molecule has 0 aliphatic heterocycles. The van der Waals surface area contributed by atoms with Gasteiger partial charge in [-0.1, -0.05) is 42.1 Å². The average molecular weight is 394 g/mol. The van der Waals surface area contributed by atoms with Crippen LogP contribution in [0.5, 0.6) is 5.75 Å². The van der Waals surface area contributed by atoms with E-state index in [1.54, 1.807) is 30.2 Å². The molecule has 0 fully saturated rings. The summed E-state index contributed by atoms with van der Waals surface area (Å²) in [5.74, 6) is 1.62. The first kappa shape index (κ1) is 17.8. The second-order valence-electron chi connectivity index (χ2n) is 6.00. The van der Waals surface area contributed by atoms with Crippen LogP contribution in [0.15, 0.2) is 71.5 Å². The first-order chi connectivity index (χ1) is 13.3. The van der Waals surface area contributed by atoms with E-state index in [2.05, 4.69) is 46.1 Å². The lowest BCUT2D eigenvalue weighted by molar-refractivity contribution is 0.416. The molecule has 0 aliphatic rings. The van der Waals surface area contributed by atoms with Gasteiger partial charge in [-0.15, -0.1) is 11.3 Å². The van der Waals surface area contributed by atoms with Crippen LogP contribution in [0.25, 0.3) is 16.3 Å². The molecule has 0 atom stereocenters. The van der Waals surface area contributed by atoms with Crippen LogP contribution in [-0.2, 0) is 5.75 Å². The molecule has 136 valence electrons. The number of methoxy groups -OCH3 is 1. The second-order valence-corrected chi connectivity index (χ2v) is 7.80. The van der Waals surface area contributed by atoms with Gasteiger partial charge in [0, 0.05) is 23.5 Å². The van der Waals surface area contributed by atoms with Crippen molar-refractivity contribution in [1.82, 2.24) is 14.5 Å². The smallest absolute Gasteiger partial charge is 0.172 e. The number of thiazole rings is 1. The van der Waals surface area contributed by atoms with Crippen molar-refractivity contribution in [2.75, 3.05) is 7.11 Å². The van der Waals surface area contributed by atoms with Gasteiger partial charge in [-0.3, -0.25) is 4.57 Å². The number of aromatic nitrogens is 3. The van der Waals surface area contributed by atoms with Crippen LogP contribution in [0.4, 0.5) is 0 Å². The monoisotopic (exact) mass is 393 g/mol. The molecule has 6 heteroatoms. The van der Waals surface area contributed by atoms with Gasteiger partial charge in [-0.2, -0.15) is 0 Å². The van der Waals surface area contributed by atoms with Crippen LogP contribution in [0.3, 0.4) is 0 Å². The molecule has 4 aromatic rings. The molecule has 0 bridgehead atoms. The Labute approximate surface area is 166 Å². The molecule has 0 radical (unpaired) electrons. The van der Waals surface area contributed by atoms with Crippen LogP contribution in [0.1, 0.15) is 11.3 Å². The summed E-state index contributed by atoms with van der Waals surface area (Å²) >= 11 is 3.33. The van der Waals surface area contributed by atoms with Crippen LogP contribution in [0.2, 0.25) is 0 Å². The quantitative estimate of drug-likeness (QED) is 0.400. The normalized spacial score (nSPS) is 10.9. The lowest BCUT2D eigenvalue weighted by atomic mass is 10.2. The molecule has 27 heavy (non-hydrogen) atoms. The second kappa shape index (κ2) is 7.98. The van der Waals surface area contributed by atoms with Crippen LogP contribution in [0, 0.1) is 6.92 Å². The van der Waals surface area contributed by atoms with E-state index in [4.69, 9.17) is 9.72 Å². The number of nitrogens with zero attached hydrogens (tertiary/aromatic N) is 3. The van der Waals surface area contributed by atoms with E-state index in [-0.39, 0.29) is 0 Å². The van der Waals surface area contributed by atoms with Crippen LogP contribution in [-0.4, -0.2) is 21.6 Å². The van der Waals surface area contributed by atoms with E-state index in [9.17, 15) is 0 Å². The standard InChI is InChI=1S/C21H19N3OS2/c1-15-7-3-5-9-18(15)24-12-11-22-21(24)27-14-16-13-26-20(23-16)17-8-4-6-10-19(17)25-2/h3-13H,14H2,1-2H3. The van der Waals surface area contributed by atoms with Gasteiger partial charge in [0.05, 0.1) is 24.1 Å². The van der Waals surface area contributed by atoms with E-state index >= 15 is 0 Å². The predicted octanol–water partition coefficient (Wildman–Crippen LogP) is 5.61. The molecule has 0 saturated carbocycles. The number of para-hydroxylation sites is 2. The highest BCUT2D eigenvalue weighted by Crippen LogP contribution is 2.33. The maximum Gasteiger partial charge on any atom is 0.172 e. The Kier molecular flexibility index (Phi) is 5.27. The van der Waals surface area contributed by atoms with Crippen LogP contribution < -0.4 is 4.74 Å². The molecule has 0 aliphatic carbocycles. The predicted molar refractivity (Wildman–Crippen MR) is 112 cm³/mol. The Hall–Kier alpha value is -2.57. The number of imidazole rings is 1. The number of benzene rings is 2. The van der Waals surface area contributed by atoms with Crippen molar-refractivity contribution < 1.29 is 4.74 Å². The van der Waals surface area contributed by atoms with E-state index in [0.29, 0.717) is 0 Å². The summed E-state index contributed by atoms with van der Waals surface area (Å²) in [5, 5.41) is 4.05. The summed E-state index contributed by atoms with van der Waals surface area (Å²) in [5.41, 5.74) is 4.46. The fraction of sp³-hybridized carbons (Fsp3) is 0.143. The van der Waals surface area contributed by atoms with Gasteiger partial charge in [-0.05, 0) is 30.7 Å². The molecule has 0 unspecified atom stereocenters. The Morgan fingerprint density at radius 2 is 1.93 bits per heavy atom. The third-order valence-corrected chi connectivity index (χ3v) is 6.14. The Morgan fingerprint density at radius 1 is 1.11 bits per heavy atom. The molecule has 0 saturated heterocycles. The lowest BCUT2D eigenvalue weighted by Gasteiger charge is -2.09. The fourth-order valence-electron chi connectivity index (χ4n) is 2.87. The number of ether oxygens (including phenoxy) is 1. The number of hydrogen-bond acceptors (Lipinski definition) is 5. The Morgan fingerprint density at radius 3 is 2.78 bits per heavy atom. The first-order valence-corrected chi connectivity index (χ1v) is 10.4. The third-order valence-electron chi connectivity index (χ3n) is 4.22. The topological polar surface area (TPSA) is 39.9 Å². The van der Waals surface area contributed by atoms with Crippen molar-refractivity contribution in [1.29, 1.82) is 0 Å². The summed E-state index contributed by atoms with van der Waals surface area (Å²) in [7, 11) is 1.69. The van der Waals surface area contributed by atoms with Crippen molar-refractivity contribution in [3.05, 3.63) is 77.6 Å². The molecular formula is C21H19N3OS2. The zero-order valence-corrected chi connectivity index (χ0v) is 16.8. The maximum absolute atomic E-state index is 5.45. The Balaban J connectivity index is 1.52. The molecule has 2 heterocycles. The largest absolute Gasteiger partial charge is 0.496 e. The fourth-order valence-corrected chi connectivity index (χ4v) is 4.68. The van der Waals surface area contributed by atoms with Crippen molar-refractivity contribution in [3.8, 4) is 22.0 Å². The minimum absolute atomic E-state index is 0.772. The van der Waals surface area contributed by atoms with Gasteiger partial charge in [0.15, 0.2) is 5.16 Å². The average Bonchev–Trinajstić information content (AvgIpc) is 3.36. The zero-order chi connectivity index (χ0) is 18.6. The lowest BCUT2D eigenvalue weighted by Crippen LogP contribution is -1.97. The van der Waals surface area contributed by atoms with Gasteiger partial charge in [-0.25, -0.2) is 9.97 Å². The van der Waals surface area contributed by atoms with Gasteiger partial charge >= 0.3 is 0 Å². The molecule has 4 nitrogen and oxygen atoms in total. The molecule has 0 N–H and O–H groups in total. The summed E-state index contributed by atoms with van der Waals surface area (Å²) in [6.07, 6.45) is 3.85. The van der Waals surface area contributed by atoms with Crippen molar-refractivity contribution in [3.63, 3.8) is 0 Å². The summed E-state index contributed by atoms with van der Waals surface area (Å²) < 4.78 is 7.58. The highest BCUT2D eigenvalue weighted by molar-refractivity contribution is 7.98. The summed E-state index contributed by atoms with van der Waals surface area (Å²) in [4.78, 5) is 9.31. The van der Waals surface area contributed by atoms with Gasteiger partial charge in [0.25, 0.3) is 0 Å². The van der Waals surface area contributed by atoms with E-state index in [0.717, 1.165) is 38.6 Å². The molecule has 0 amide bonds.